The van der Waals surface area contributed by atoms with Crippen molar-refractivity contribution < 1.29 is 14.3 Å². The smallest absolute Gasteiger partial charge is 0.259 e. The summed E-state index contributed by atoms with van der Waals surface area (Å²) in [6, 6.07) is 16.7. The number of nitrogens with zero attached hydrogens (tertiary/aromatic N) is 3. The predicted molar refractivity (Wildman–Crippen MR) is 109 cm³/mol. The summed E-state index contributed by atoms with van der Waals surface area (Å²) in [5, 5.41) is 7.28. The Balaban J connectivity index is 1.70. The number of amides is 2. The molecule has 0 aliphatic carbocycles. The summed E-state index contributed by atoms with van der Waals surface area (Å²) in [5.74, 6) is -0.105. The van der Waals surface area contributed by atoms with Gasteiger partial charge in [-0.25, -0.2) is 4.68 Å². The van der Waals surface area contributed by atoms with Crippen LogP contribution in [0.4, 0.5) is 5.82 Å². The molecule has 29 heavy (non-hydrogen) atoms. The van der Waals surface area contributed by atoms with Crippen LogP contribution < -0.4 is 5.32 Å². The van der Waals surface area contributed by atoms with Gasteiger partial charge >= 0.3 is 0 Å². The summed E-state index contributed by atoms with van der Waals surface area (Å²) >= 11 is 0. The second-order valence-electron chi connectivity index (χ2n) is 6.88. The van der Waals surface area contributed by atoms with Crippen molar-refractivity contribution in [2.24, 2.45) is 0 Å². The van der Waals surface area contributed by atoms with Crippen LogP contribution in [0, 0.1) is 6.92 Å². The van der Waals surface area contributed by atoms with Crippen LogP contribution in [0.1, 0.15) is 26.3 Å². The topological polar surface area (TPSA) is 76.5 Å². The molecular formula is C22H22N4O3. The van der Waals surface area contributed by atoms with Gasteiger partial charge in [-0.2, -0.15) is 5.10 Å². The Morgan fingerprint density at radius 2 is 1.69 bits per heavy atom. The Labute approximate surface area is 168 Å². The molecule has 1 aromatic heterocycles. The average molecular weight is 390 g/mol. The highest BCUT2D eigenvalue weighted by Crippen LogP contribution is 2.23. The van der Waals surface area contributed by atoms with E-state index < -0.39 is 0 Å². The molecule has 2 aromatic carbocycles. The number of hydrogen-bond acceptors (Lipinski definition) is 4. The van der Waals surface area contributed by atoms with Crippen LogP contribution in [0.5, 0.6) is 0 Å². The minimum absolute atomic E-state index is 0.172. The largest absolute Gasteiger partial charge is 0.378 e. The fourth-order valence-corrected chi connectivity index (χ4v) is 3.21. The number of para-hydroxylation sites is 1. The van der Waals surface area contributed by atoms with E-state index in [1.807, 2.05) is 49.4 Å². The molecule has 2 heterocycles. The summed E-state index contributed by atoms with van der Waals surface area (Å²) in [7, 11) is 0. The third kappa shape index (κ3) is 4.05. The van der Waals surface area contributed by atoms with Crippen LogP contribution in [0.15, 0.2) is 60.8 Å². The molecule has 0 atom stereocenters. The maximum atomic E-state index is 13.1. The Bertz CT molecular complexity index is 1010. The van der Waals surface area contributed by atoms with Gasteiger partial charge in [-0.05, 0) is 31.2 Å². The van der Waals surface area contributed by atoms with E-state index in [-0.39, 0.29) is 11.8 Å². The number of aryl methyl sites for hydroxylation is 1. The van der Waals surface area contributed by atoms with E-state index >= 15 is 0 Å². The summed E-state index contributed by atoms with van der Waals surface area (Å²) in [6.45, 7) is 4.00. The normalized spacial score (nSPS) is 13.9. The molecule has 4 rings (SSSR count). The molecule has 0 spiro atoms. The lowest BCUT2D eigenvalue weighted by Crippen LogP contribution is -2.40. The van der Waals surface area contributed by atoms with Crippen LogP contribution in [-0.2, 0) is 4.74 Å². The monoisotopic (exact) mass is 390 g/mol. The fraction of sp³-hybridized carbons (Fsp3) is 0.227. The van der Waals surface area contributed by atoms with Crippen molar-refractivity contribution in [2.45, 2.75) is 6.92 Å². The fourth-order valence-electron chi connectivity index (χ4n) is 3.21. The van der Waals surface area contributed by atoms with Crippen LogP contribution in [0.25, 0.3) is 5.69 Å². The number of carbonyl (C=O) groups is 2. The highest BCUT2D eigenvalue weighted by molar-refractivity contribution is 6.08. The third-order valence-corrected chi connectivity index (χ3v) is 4.84. The van der Waals surface area contributed by atoms with Gasteiger partial charge in [0.05, 0.1) is 25.1 Å². The van der Waals surface area contributed by atoms with E-state index in [1.165, 1.54) is 6.20 Å². The average Bonchev–Trinajstić information content (AvgIpc) is 3.18. The summed E-state index contributed by atoms with van der Waals surface area (Å²) < 4.78 is 6.92. The summed E-state index contributed by atoms with van der Waals surface area (Å²) in [6.07, 6.45) is 1.51. The lowest BCUT2D eigenvalue weighted by atomic mass is 10.1. The summed E-state index contributed by atoms with van der Waals surface area (Å²) in [5.41, 5.74) is 2.70. The second-order valence-corrected chi connectivity index (χ2v) is 6.88. The van der Waals surface area contributed by atoms with Crippen molar-refractivity contribution in [3.8, 4) is 5.69 Å². The van der Waals surface area contributed by atoms with E-state index in [0.717, 1.165) is 11.3 Å². The van der Waals surface area contributed by atoms with Gasteiger partial charge in [-0.3, -0.25) is 9.59 Å². The Kier molecular flexibility index (Phi) is 5.39. The van der Waals surface area contributed by atoms with E-state index in [2.05, 4.69) is 10.4 Å². The molecule has 0 saturated carbocycles. The molecule has 1 N–H and O–H groups in total. The summed E-state index contributed by atoms with van der Waals surface area (Å²) in [4.78, 5) is 27.7. The lowest BCUT2D eigenvalue weighted by Gasteiger charge is -2.26. The Morgan fingerprint density at radius 1 is 1.00 bits per heavy atom. The molecule has 1 saturated heterocycles. The van der Waals surface area contributed by atoms with Gasteiger partial charge in [-0.1, -0.05) is 35.9 Å². The van der Waals surface area contributed by atoms with Crippen LogP contribution >= 0.6 is 0 Å². The maximum absolute atomic E-state index is 13.1. The molecule has 148 valence electrons. The standard InChI is InChI=1S/C22H22N4O3/c1-16-7-9-17(10-8-16)21(27)24-20-19(22(28)25-11-13-29-14-12-25)15-23-26(20)18-5-3-2-4-6-18/h2-10,15H,11-14H2,1H3,(H,24,27). The number of hydrogen-bond donors (Lipinski definition) is 1. The number of aromatic nitrogens is 2. The predicted octanol–water partition coefficient (Wildman–Crippen LogP) is 2.91. The zero-order valence-electron chi connectivity index (χ0n) is 16.2. The van der Waals surface area contributed by atoms with Crippen molar-refractivity contribution in [1.82, 2.24) is 14.7 Å². The van der Waals surface area contributed by atoms with Crippen molar-refractivity contribution in [3.05, 3.63) is 77.5 Å². The van der Waals surface area contributed by atoms with Crippen LogP contribution in [0.3, 0.4) is 0 Å². The lowest BCUT2D eigenvalue weighted by molar-refractivity contribution is 0.0303. The van der Waals surface area contributed by atoms with Crippen LogP contribution in [-0.4, -0.2) is 52.8 Å². The molecule has 1 aliphatic heterocycles. The van der Waals surface area contributed by atoms with Gasteiger partial charge < -0.3 is 15.0 Å². The number of nitrogens with one attached hydrogen (secondary N) is 1. The zero-order chi connectivity index (χ0) is 20.2. The number of benzene rings is 2. The first kappa shape index (κ1) is 18.9. The van der Waals surface area contributed by atoms with E-state index in [1.54, 1.807) is 21.7 Å². The van der Waals surface area contributed by atoms with Crippen molar-refractivity contribution in [3.63, 3.8) is 0 Å². The minimum Gasteiger partial charge on any atom is -0.378 e. The first-order valence-electron chi connectivity index (χ1n) is 9.52. The highest BCUT2D eigenvalue weighted by Gasteiger charge is 2.26. The molecule has 1 aliphatic rings. The quantitative estimate of drug-likeness (QED) is 0.743. The first-order chi connectivity index (χ1) is 14.1. The first-order valence-corrected chi connectivity index (χ1v) is 9.52. The zero-order valence-corrected chi connectivity index (χ0v) is 16.2. The second kappa shape index (κ2) is 8.28. The van der Waals surface area contributed by atoms with Gasteiger partial charge in [0.15, 0.2) is 0 Å². The molecule has 3 aromatic rings. The number of carbonyl (C=O) groups excluding carboxylic acids is 2. The molecular weight excluding hydrogens is 368 g/mol. The SMILES string of the molecule is Cc1ccc(C(=O)Nc2c(C(=O)N3CCOCC3)cnn2-c2ccccc2)cc1. The van der Waals surface area contributed by atoms with E-state index in [0.29, 0.717) is 43.2 Å². The number of ether oxygens (including phenoxy) is 1. The minimum atomic E-state index is -0.293. The molecule has 0 radical (unpaired) electrons. The van der Waals surface area contributed by atoms with E-state index in [4.69, 9.17) is 4.74 Å². The molecule has 0 unspecified atom stereocenters. The molecule has 1 fully saturated rings. The van der Waals surface area contributed by atoms with E-state index in [9.17, 15) is 9.59 Å². The van der Waals surface area contributed by atoms with Gasteiger partial charge in [0.1, 0.15) is 11.4 Å². The Morgan fingerprint density at radius 3 is 2.38 bits per heavy atom. The Hall–Kier alpha value is -3.45. The van der Waals surface area contributed by atoms with Gasteiger partial charge in [0.25, 0.3) is 11.8 Å². The highest BCUT2D eigenvalue weighted by atomic mass is 16.5. The van der Waals surface area contributed by atoms with Crippen molar-refractivity contribution >= 4 is 17.6 Å². The number of morpholine rings is 1. The van der Waals surface area contributed by atoms with Gasteiger partial charge in [0, 0.05) is 18.7 Å². The number of anilines is 1. The third-order valence-electron chi connectivity index (χ3n) is 4.84. The number of rotatable bonds is 4. The van der Waals surface area contributed by atoms with Crippen molar-refractivity contribution in [1.29, 1.82) is 0 Å². The molecule has 7 heteroatoms. The van der Waals surface area contributed by atoms with Gasteiger partial charge in [0.2, 0.25) is 0 Å². The molecule has 2 amide bonds. The molecule has 0 bridgehead atoms. The van der Waals surface area contributed by atoms with Crippen molar-refractivity contribution in [2.75, 3.05) is 31.6 Å². The molecule has 7 nitrogen and oxygen atoms in total. The van der Waals surface area contributed by atoms with Crippen LogP contribution in [0.2, 0.25) is 0 Å². The van der Waals surface area contributed by atoms with Gasteiger partial charge in [-0.15, -0.1) is 0 Å². The maximum Gasteiger partial charge on any atom is 0.259 e.